The second-order valence-corrected chi connectivity index (χ2v) is 7.08. The Morgan fingerprint density at radius 2 is 1.71 bits per heavy atom. The first kappa shape index (κ1) is 16.5. The van der Waals surface area contributed by atoms with E-state index in [0.29, 0.717) is 18.4 Å². The largest absolute Gasteiger partial charge is 0.465 e. The molecule has 1 aromatic rings. The molecule has 2 bridgehead atoms. The molecule has 1 aliphatic heterocycles. The van der Waals surface area contributed by atoms with E-state index in [4.69, 9.17) is 9.47 Å². The maximum Gasteiger partial charge on any atom is 0.356 e. The van der Waals surface area contributed by atoms with Crippen molar-refractivity contribution in [1.82, 2.24) is 0 Å². The van der Waals surface area contributed by atoms with Gasteiger partial charge in [-0.15, -0.1) is 0 Å². The van der Waals surface area contributed by atoms with Gasteiger partial charge >= 0.3 is 17.9 Å². The number of esters is 3. The molecule has 1 heterocycles. The molecule has 0 radical (unpaired) electrons. The Morgan fingerprint density at radius 3 is 2.17 bits per heavy atom. The summed E-state index contributed by atoms with van der Waals surface area (Å²) in [7, 11) is 1.29. The van der Waals surface area contributed by atoms with Gasteiger partial charge in [0.15, 0.2) is 0 Å². The smallest absolute Gasteiger partial charge is 0.356 e. The van der Waals surface area contributed by atoms with Crippen LogP contribution in [0.2, 0.25) is 0 Å². The summed E-state index contributed by atoms with van der Waals surface area (Å²) in [5.74, 6) is -1.11. The lowest BCUT2D eigenvalue weighted by Crippen LogP contribution is -2.50. The van der Waals surface area contributed by atoms with E-state index < -0.39 is 28.4 Å². The average Bonchev–Trinajstić information content (AvgIpc) is 2.85. The molecule has 2 fully saturated rings. The van der Waals surface area contributed by atoms with Gasteiger partial charge < -0.3 is 14.2 Å². The van der Waals surface area contributed by atoms with Crippen LogP contribution in [0.25, 0.3) is 0 Å². The molecule has 2 aliphatic rings. The first-order valence-electron chi connectivity index (χ1n) is 7.82. The Hall–Kier alpha value is -2.37. The molecule has 1 aromatic carbocycles. The van der Waals surface area contributed by atoms with Crippen LogP contribution in [0.3, 0.4) is 0 Å². The van der Waals surface area contributed by atoms with Crippen LogP contribution in [0.1, 0.15) is 44.0 Å². The van der Waals surface area contributed by atoms with Gasteiger partial charge in [-0.05, 0) is 44.0 Å². The van der Waals surface area contributed by atoms with Crippen molar-refractivity contribution in [3.05, 3.63) is 29.8 Å². The summed E-state index contributed by atoms with van der Waals surface area (Å²) in [6.07, 6.45) is 1.04. The molecule has 1 saturated carbocycles. The van der Waals surface area contributed by atoms with E-state index in [1.807, 2.05) is 20.8 Å². The van der Waals surface area contributed by atoms with Crippen LogP contribution in [0.4, 0.5) is 0 Å². The topological polar surface area (TPSA) is 78.9 Å². The van der Waals surface area contributed by atoms with Gasteiger partial charge in [0.1, 0.15) is 5.75 Å². The van der Waals surface area contributed by atoms with Crippen LogP contribution in [0, 0.1) is 10.8 Å². The highest BCUT2D eigenvalue weighted by atomic mass is 16.6. The van der Waals surface area contributed by atoms with Crippen LogP contribution in [-0.2, 0) is 19.1 Å². The molecule has 1 saturated heterocycles. The molecule has 3 rings (SSSR count). The Bertz CT molecular complexity index is 720. The van der Waals surface area contributed by atoms with Crippen molar-refractivity contribution in [2.75, 3.05) is 7.11 Å². The van der Waals surface area contributed by atoms with E-state index in [1.165, 1.54) is 31.4 Å². The lowest BCUT2D eigenvalue weighted by molar-refractivity contribution is -0.176. The maximum absolute atomic E-state index is 12.8. The lowest BCUT2D eigenvalue weighted by Gasteiger charge is -2.34. The SMILES string of the molecule is COC(=O)c1ccc(OC(=O)[C@@]23CC[C@](C)(C(=O)O2)C3(C)C)cc1. The molecule has 1 aliphatic carbocycles. The standard InChI is InChI=1S/C18H20O6/c1-16(2)17(3)9-10-18(16,24-14(17)20)15(21)23-12-7-5-11(6-8-12)13(19)22-4/h5-8H,9-10H2,1-4H3/t17-,18-/m1/s1. The maximum atomic E-state index is 12.8. The van der Waals surface area contributed by atoms with E-state index in [1.54, 1.807) is 0 Å². The number of rotatable bonds is 3. The van der Waals surface area contributed by atoms with Crippen LogP contribution in [-0.4, -0.2) is 30.6 Å². The van der Waals surface area contributed by atoms with Crippen molar-refractivity contribution in [1.29, 1.82) is 0 Å². The average molecular weight is 332 g/mol. The minimum atomic E-state index is -1.26. The van der Waals surface area contributed by atoms with Gasteiger partial charge in [0, 0.05) is 5.41 Å². The Kier molecular flexibility index (Phi) is 3.48. The molecule has 6 heteroatoms. The third-order valence-corrected chi connectivity index (χ3v) is 5.90. The first-order valence-corrected chi connectivity index (χ1v) is 7.82. The fourth-order valence-electron chi connectivity index (χ4n) is 3.67. The zero-order valence-electron chi connectivity index (χ0n) is 14.2. The summed E-state index contributed by atoms with van der Waals surface area (Å²) in [5, 5.41) is 0. The zero-order valence-corrected chi connectivity index (χ0v) is 14.2. The zero-order chi connectivity index (χ0) is 17.8. The number of carbonyl (C=O) groups excluding carboxylic acids is 3. The monoisotopic (exact) mass is 332 g/mol. The summed E-state index contributed by atoms with van der Waals surface area (Å²) in [4.78, 5) is 36.4. The summed E-state index contributed by atoms with van der Waals surface area (Å²) in [6, 6.07) is 6.05. The highest BCUT2D eigenvalue weighted by Crippen LogP contribution is 2.65. The third-order valence-electron chi connectivity index (χ3n) is 5.90. The number of ether oxygens (including phenoxy) is 3. The second kappa shape index (κ2) is 5.06. The Balaban J connectivity index is 1.83. The van der Waals surface area contributed by atoms with Crippen molar-refractivity contribution in [2.45, 2.75) is 39.2 Å². The first-order chi connectivity index (χ1) is 11.2. The summed E-state index contributed by atoms with van der Waals surface area (Å²) in [5.41, 5.74) is -2.24. The molecule has 0 aromatic heterocycles. The van der Waals surface area contributed by atoms with Crippen LogP contribution >= 0.6 is 0 Å². The molecular weight excluding hydrogens is 312 g/mol. The van der Waals surface area contributed by atoms with Gasteiger partial charge in [0.05, 0.1) is 18.1 Å². The Labute approximate surface area is 140 Å². The van der Waals surface area contributed by atoms with Crippen molar-refractivity contribution < 1.29 is 28.6 Å². The number of fused-ring (bicyclic) bond motifs is 2. The third kappa shape index (κ3) is 1.92. The van der Waals surface area contributed by atoms with Crippen molar-refractivity contribution in [3.63, 3.8) is 0 Å². The highest BCUT2D eigenvalue weighted by Gasteiger charge is 2.76. The minimum absolute atomic E-state index is 0.286. The lowest BCUT2D eigenvalue weighted by atomic mass is 9.66. The molecule has 6 nitrogen and oxygen atoms in total. The predicted octanol–water partition coefficient (Wildman–Crippen LogP) is 2.50. The summed E-state index contributed by atoms with van der Waals surface area (Å²) in [6.45, 7) is 5.57. The summed E-state index contributed by atoms with van der Waals surface area (Å²) < 4.78 is 15.6. The normalized spacial score (nSPS) is 29.9. The van der Waals surface area contributed by atoms with E-state index >= 15 is 0 Å². The number of hydrogen-bond donors (Lipinski definition) is 0. The molecule has 128 valence electrons. The van der Waals surface area contributed by atoms with E-state index in [0.717, 1.165) is 0 Å². The van der Waals surface area contributed by atoms with E-state index in [9.17, 15) is 14.4 Å². The van der Waals surface area contributed by atoms with Crippen LogP contribution in [0.5, 0.6) is 5.75 Å². The quantitative estimate of drug-likeness (QED) is 0.625. The van der Waals surface area contributed by atoms with Crippen molar-refractivity contribution in [3.8, 4) is 5.75 Å². The molecule has 2 atom stereocenters. The molecule has 24 heavy (non-hydrogen) atoms. The van der Waals surface area contributed by atoms with Gasteiger partial charge in [0.2, 0.25) is 5.60 Å². The van der Waals surface area contributed by atoms with Crippen LogP contribution in [0.15, 0.2) is 24.3 Å². The van der Waals surface area contributed by atoms with Gasteiger partial charge in [-0.1, -0.05) is 13.8 Å². The van der Waals surface area contributed by atoms with Crippen molar-refractivity contribution in [2.24, 2.45) is 10.8 Å². The molecule has 0 amide bonds. The van der Waals surface area contributed by atoms with Gasteiger partial charge in [-0.3, -0.25) is 4.79 Å². The number of methoxy groups -OCH3 is 1. The highest BCUT2D eigenvalue weighted by molar-refractivity contribution is 5.94. The molecular formula is C18H20O6. The Morgan fingerprint density at radius 1 is 1.08 bits per heavy atom. The fourth-order valence-corrected chi connectivity index (χ4v) is 3.67. The van der Waals surface area contributed by atoms with E-state index in [2.05, 4.69) is 4.74 Å². The van der Waals surface area contributed by atoms with Crippen molar-refractivity contribution >= 4 is 17.9 Å². The second-order valence-electron chi connectivity index (χ2n) is 7.08. The number of hydrogen-bond acceptors (Lipinski definition) is 6. The van der Waals surface area contributed by atoms with Gasteiger partial charge in [0.25, 0.3) is 0 Å². The molecule has 0 unspecified atom stereocenters. The number of carbonyl (C=O) groups is 3. The van der Waals surface area contributed by atoms with Crippen LogP contribution < -0.4 is 4.74 Å². The number of benzene rings is 1. The molecule has 0 spiro atoms. The molecule has 0 N–H and O–H groups in total. The predicted molar refractivity (Wildman–Crippen MR) is 83.4 cm³/mol. The minimum Gasteiger partial charge on any atom is -0.465 e. The van der Waals surface area contributed by atoms with Gasteiger partial charge in [-0.2, -0.15) is 0 Å². The fraction of sp³-hybridized carbons (Fsp3) is 0.500. The summed E-state index contributed by atoms with van der Waals surface area (Å²) >= 11 is 0. The van der Waals surface area contributed by atoms with Gasteiger partial charge in [-0.25, -0.2) is 9.59 Å². The van der Waals surface area contributed by atoms with E-state index in [-0.39, 0.29) is 11.7 Å².